The van der Waals surface area contributed by atoms with Gasteiger partial charge >= 0.3 is 5.97 Å². The largest absolute Gasteiger partial charge is 0.462 e. The van der Waals surface area contributed by atoms with Crippen LogP contribution in [0.2, 0.25) is 0 Å². The van der Waals surface area contributed by atoms with Gasteiger partial charge in [-0.15, -0.1) is 11.3 Å². The Morgan fingerprint density at radius 3 is 2.72 bits per heavy atom. The van der Waals surface area contributed by atoms with E-state index in [1.54, 1.807) is 6.92 Å². The van der Waals surface area contributed by atoms with Crippen LogP contribution in [0.1, 0.15) is 26.4 Å². The summed E-state index contributed by atoms with van der Waals surface area (Å²) >= 11 is 1.05. The Bertz CT molecular complexity index is 563. The van der Waals surface area contributed by atoms with Crippen LogP contribution in [-0.2, 0) is 4.74 Å². The first-order valence-corrected chi connectivity index (χ1v) is 6.26. The first-order valence-electron chi connectivity index (χ1n) is 5.44. The Morgan fingerprint density at radius 1 is 1.39 bits per heavy atom. The molecule has 0 bridgehead atoms. The van der Waals surface area contributed by atoms with Gasteiger partial charge in [0.25, 0.3) is 0 Å². The third-order valence-electron chi connectivity index (χ3n) is 2.25. The lowest BCUT2D eigenvalue weighted by Gasteiger charge is -2.01. The second kappa shape index (κ2) is 5.55. The highest BCUT2D eigenvalue weighted by Gasteiger charge is 2.20. The lowest BCUT2D eigenvalue weighted by Crippen LogP contribution is -2.03. The fourth-order valence-electron chi connectivity index (χ4n) is 1.51. The molecular formula is C13H11NO3S. The number of esters is 1. The highest BCUT2D eigenvalue weighted by atomic mass is 32.1. The van der Waals surface area contributed by atoms with Crippen LogP contribution >= 0.6 is 11.3 Å². The van der Waals surface area contributed by atoms with Gasteiger partial charge in [-0.05, 0) is 6.92 Å². The zero-order chi connectivity index (χ0) is 13.0. The van der Waals surface area contributed by atoms with Gasteiger partial charge in [-0.2, -0.15) is 0 Å². The van der Waals surface area contributed by atoms with Crippen LogP contribution in [0.4, 0.5) is 0 Å². The van der Waals surface area contributed by atoms with Crippen molar-refractivity contribution < 1.29 is 14.3 Å². The van der Waals surface area contributed by atoms with E-state index in [1.165, 1.54) is 0 Å². The molecule has 2 aromatic rings. The molecule has 0 unspecified atom stereocenters. The van der Waals surface area contributed by atoms with Gasteiger partial charge in [0.15, 0.2) is 11.3 Å². The Balaban J connectivity index is 2.49. The van der Waals surface area contributed by atoms with E-state index in [9.17, 15) is 9.59 Å². The summed E-state index contributed by atoms with van der Waals surface area (Å²) < 4.78 is 4.96. The number of aromatic nitrogens is 1. The lowest BCUT2D eigenvalue weighted by atomic mass is 10.1. The van der Waals surface area contributed by atoms with Gasteiger partial charge in [0.2, 0.25) is 0 Å². The molecule has 0 aliphatic heterocycles. The predicted molar refractivity (Wildman–Crippen MR) is 68.9 cm³/mol. The number of hydrogen-bond acceptors (Lipinski definition) is 5. The summed E-state index contributed by atoms with van der Waals surface area (Å²) in [5, 5.41) is 0.275. The minimum atomic E-state index is -0.443. The summed E-state index contributed by atoms with van der Waals surface area (Å²) in [6, 6.07) is 9.26. The Kier molecular flexibility index (Phi) is 3.84. The zero-order valence-electron chi connectivity index (χ0n) is 9.75. The van der Waals surface area contributed by atoms with Gasteiger partial charge in [0, 0.05) is 5.56 Å². The third kappa shape index (κ3) is 2.46. The van der Waals surface area contributed by atoms with Gasteiger partial charge in [0.05, 0.1) is 12.3 Å². The van der Waals surface area contributed by atoms with E-state index in [2.05, 4.69) is 4.98 Å². The highest BCUT2D eigenvalue weighted by molar-refractivity contribution is 7.15. The Labute approximate surface area is 108 Å². The van der Waals surface area contributed by atoms with E-state index >= 15 is 0 Å². The van der Waals surface area contributed by atoms with Gasteiger partial charge < -0.3 is 4.74 Å². The van der Waals surface area contributed by atoms with Crippen molar-refractivity contribution in [2.45, 2.75) is 6.92 Å². The summed E-state index contributed by atoms with van der Waals surface area (Å²) in [6.45, 7) is 2.03. The SMILES string of the molecule is CCOC(=O)c1sc(C=O)nc1-c1ccccc1. The molecule has 0 aliphatic carbocycles. The number of benzene rings is 1. The molecule has 1 heterocycles. The van der Waals surface area contributed by atoms with E-state index in [0.29, 0.717) is 23.5 Å². The van der Waals surface area contributed by atoms with Crippen LogP contribution in [0.25, 0.3) is 11.3 Å². The average molecular weight is 261 g/mol. The maximum Gasteiger partial charge on any atom is 0.350 e. The van der Waals surface area contributed by atoms with Crippen LogP contribution in [-0.4, -0.2) is 23.8 Å². The predicted octanol–water partition coefficient (Wildman–Crippen LogP) is 2.80. The first-order chi connectivity index (χ1) is 8.76. The molecule has 5 heteroatoms. The number of ether oxygens (including phenoxy) is 1. The van der Waals surface area contributed by atoms with E-state index in [1.807, 2.05) is 30.3 Å². The minimum Gasteiger partial charge on any atom is -0.462 e. The quantitative estimate of drug-likeness (QED) is 0.627. The standard InChI is InChI=1S/C13H11NO3S/c1-2-17-13(16)12-11(14-10(8-15)18-12)9-6-4-3-5-7-9/h3-8H,2H2,1H3. The van der Waals surface area contributed by atoms with Crippen molar-refractivity contribution in [1.82, 2.24) is 4.98 Å². The molecule has 0 saturated carbocycles. The van der Waals surface area contributed by atoms with E-state index < -0.39 is 5.97 Å². The molecule has 18 heavy (non-hydrogen) atoms. The number of rotatable bonds is 4. The Morgan fingerprint density at radius 2 is 2.11 bits per heavy atom. The van der Waals surface area contributed by atoms with Gasteiger partial charge in [0.1, 0.15) is 4.88 Å². The summed E-state index contributed by atoms with van der Waals surface area (Å²) in [7, 11) is 0. The smallest absolute Gasteiger partial charge is 0.350 e. The molecule has 4 nitrogen and oxygen atoms in total. The van der Waals surface area contributed by atoms with Crippen molar-refractivity contribution in [3.05, 3.63) is 40.2 Å². The molecule has 0 N–H and O–H groups in total. The summed E-state index contributed by atoms with van der Waals surface area (Å²) in [5.74, 6) is -0.443. The minimum absolute atomic E-state index is 0.275. The molecule has 2 rings (SSSR count). The molecule has 0 atom stereocenters. The van der Waals surface area contributed by atoms with Crippen molar-refractivity contribution in [3.63, 3.8) is 0 Å². The number of hydrogen-bond donors (Lipinski definition) is 0. The topological polar surface area (TPSA) is 56.3 Å². The fourth-order valence-corrected chi connectivity index (χ4v) is 2.31. The van der Waals surface area contributed by atoms with Gasteiger partial charge in [-0.1, -0.05) is 30.3 Å². The van der Waals surface area contributed by atoms with Crippen molar-refractivity contribution in [2.75, 3.05) is 6.61 Å². The molecule has 0 saturated heterocycles. The second-order valence-corrected chi connectivity index (χ2v) is 4.46. The number of carbonyl (C=O) groups excluding carboxylic acids is 2. The summed E-state index contributed by atoms with van der Waals surface area (Å²) in [5.41, 5.74) is 1.30. The number of nitrogens with zero attached hydrogens (tertiary/aromatic N) is 1. The molecule has 0 radical (unpaired) electrons. The molecule has 1 aromatic heterocycles. The van der Waals surface area contributed by atoms with E-state index in [4.69, 9.17) is 4.74 Å². The van der Waals surface area contributed by atoms with Crippen molar-refractivity contribution >= 4 is 23.6 Å². The average Bonchev–Trinajstić information content (AvgIpc) is 2.84. The van der Waals surface area contributed by atoms with Crippen LogP contribution in [0.3, 0.4) is 0 Å². The van der Waals surface area contributed by atoms with Gasteiger partial charge in [-0.25, -0.2) is 9.78 Å². The maximum absolute atomic E-state index is 11.8. The van der Waals surface area contributed by atoms with Crippen LogP contribution in [0, 0.1) is 0 Å². The summed E-state index contributed by atoms with van der Waals surface area (Å²) in [6.07, 6.45) is 0.639. The number of aldehydes is 1. The summed E-state index contributed by atoms with van der Waals surface area (Å²) in [4.78, 5) is 27.1. The molecule has 0 fully saturated rings. The van der Waals surface area contributed by atoms with Crippen LogP contribution in [0.15, 0.2) is 30.3 Å². The van der Waals surface area contributed by atoms with E-state index in [0.717, 1.165) is 16.9 Å². The van der Waals surface area contributed by atoms with Crippen molar-refractivity contribution in [2.24, 2.45) is 0 Å². The van der Waals surface area contributed by atoms with Gasteiger partial charge in [-0.3, -0.25) is 4.79 Å². The molecule has 0 spiro atoms. The lowest BCUT2D eigenvalue weighted by molar-refractivity contribution is 0.0532. The number of thiazole rings is 1. The third-order valence-corrected chi connectivity index (χ3v) is 3.21. The van der Waals surface area contributed by atoms with Crippen molar-refractivity contribution in [1.29, 1.82) is 0 Å². The normalized spacial score (nSPS) is 10.1. The molecule has 1 aromatic carbocycles. The van der Waals surface area contributed by atoms with Crippen LogP contribution in [0.5, 0.6) is 0 Å². The fraction of sp³-hybridized carbons (Fsp3) is 0.154. The number of carbonyl (C=O) groups is 2. The first kappa shape index (κ1) is 12.4. The highest BCUT2D eigenvalue weighted by Crippen LogP contribution is 2.28. The van der Waals surface area contributed by atoms with E-state index in [-0.39, 0.29) is 5.01 Å². The molecular weight excluding hydrogens is 250 g/mol. The zero-order valence-corrected chi connectivity index (χ0v) is 10.6. The molecule has 0 amide bonds. The monoisotopic (exact) mass is 261 g/mol. The molecule has 0 aliphatic rings. The van der Waals surface area contributed by atoms with Crippen molar-refractivity contribution in [3.8, 4) is 11.3 Å². The van der Waals surface area contributed by atoms with Crippen LogP contribution < -0.4 is 0 Å². The second-order valence-electron chi connectivity index (χ2n) is 3.43. The Hall–Kier alpha value is -2.01. The molecule has 92 valence electrons. The maximum atomic E-state index is 11.8.